The van der Waals surface area contributed by atoms with Gasteiger partial charge in [-0.25, -0.2) is 0 Å². The molecule has 0 aliphatic heterocycles. The molecule has 1 radical (unpaired) electrons. The number of hydrogen-bond acceptors (Lipinski definition) is 1. The molecule has 75 valence electrons. The van der Waals surface area contributed by atoms with Crippen LogP contribution >= 0.6 is 21.9 Å². The lowest BCUT2D eigenvalue weighted by Gasteiger charge is -1.86. The topological polar surface area (TPSA) is 29.1 Å². The summed E-state index contributed by atoms with van der Waals surface area (Å²) in [6, 6.07) is 6.75. The summed E-state index contributed by atoms with van der Waals surface area (Å²) < 4.78 is 4.46. The largest absolute Gasteiger partial charge is 0.366 e. The third-order valence-electron chi connectivity index (χ3n) is 1.19. The predicted octanol–water partition coefficient (Wildman–Crippen LogP) is 3.37. The molecule has 0 N–H and O–H groups in total. The number of hydrogen-bond donors (Lipinski definition) is 0. The molecule has 4 heteroatoms. The van der Waals surface area contributed by atoms with Gasteiger partial charge < -0.3 is 4.52 Å². The van der Waals surface area contributed by atoms with Gasteiger partial charge in [-0.2, -0.15) is 0 Å². The van der Waals surface area contributed by atoms with Crippen LogP contribution in [0.3, 0.4) is 0 Å². The molecule has 0 spiro atoms. The van der Waals surface area contributed by atoms with Gasteiger partial charge in [0.05, 0.1) is 0 Å². The molecule has 0 aliphatic carbocycles. The van der Waals surface area contributed by atoms with Crippen LogP contribution in [0.2, 0.25) is 0 Å². The molecular formula is C9H15ClO2P. The van der Waals surface area contributed by atoms with Crippen LogP contribution in [0.5, 0.6) is 5.75 Å². The van der Waals surface area contributed by atoms with Crippen molar-refractivity contribution in [2.75, 3.05) is 6.61 Å². The SMILES string of the molecule is CCOP.Cc1ccc([O])cc1.Cl. The lowest BCUT2D eigenvalue weighted by Crippen LogP contribution is -1.65. The second-order valence-corrected chi connectivity index (χ2v) is 2.60. The molecule has 1 rings (SSSR count). The molecule has 0 amide bonds. The minimum atomic E-state index is 0. The maximum atomic E-state index is 10.4. The third kappa shape index (κ3) is 9.62. The van der Waals surface area contributed by atoms with Gasteiger partial charge in [0.1, 0.15) is 0 Å². The Morgan fingerprint density at radius 1 is 1.31 bits per heavy atom. The van der Waals surface area contributed by atoms with Gasteiger partial charge in [-0.15, -0.1) is 12.4 Å². The second-order valence-electron chi connectivity index (χ2n) is 2.27. The van der Waals surface area contributed by atoms with Crippen LogP contribution in [0.1, 0.15) is 12.5 Å². The van der Waals surface area contributed by atoms with E-state index >= 15 is 0 Å². The Kier molecular flexibility index (Phi) is 11.4. The smallest absolute Gasteiger partial charge is 0.178 e. The molecule has 1 unspecified atom stereocenters. The first-order chi connectivity index (χ1) is 5.70. The molecule has 0 heterocycles. The number of rotatable bonds is 1. The fourth-order valence-corrected chi connectivity index (χ4v) is 0.538. The van der Waals surface area contributed by atoms with Crippen molar-refractivity contribution >= 4 is 21.9 Å². The van der Waals surface area contributed by atoms with Crippen LogP contribution in [-0.4, -0.2) is 6.61 Å². The van der Waals surface area contributed by atoms with Gasteiger partial charge in [0.2, 0.25) is 0 Å². The molecule has 1 aromatic carbocycles. The van der Waals surface area contributed by atoms with E-state index in [2.05, 4.69) is 14.0 Å². The van der Waals surface area contributed by atoms with Crippen molar-refractivity contribution < 1.29 is 9.63 Å². The standard InChI is InChI=1S/C7H7O.C2H7OP.ClH/c1-6-2-4-7(8)5-3-6;1-2-3-4;/h2-5H,1H3;2,4H2,1H3;1H. The predicted molar refractivity (Wildman–Crippen MR) is 59.9 cm³/mol. The summed E-state index contributed by atoms with van der Waals surface area (Å²) in [6.07, 6.45) is 0. The Morgan fingerprint density at radius 3 is 1.92 bits per heavy atom. The van der Waals surface area contributed by atoms with Gasteiger partial charge >= 0.3 is 0 Å². The number of aryl methyl sites for hydroxylation is 1. The highest BCUT2D eigenvalue weighted by Gasteiger charge is 1.84. The van der Waals surface area contributed by atoms with Crippen molar-refractivity contribution in [2.24, 2.45) is 0 Å². The van der Waals surface area contributed by atoms with E-state index in [4.69, 9.17) is 0 Å². The molecule has 0 saturated heterocycles. The third-order valence-corrected chi connectivity index (χ3v) is 1.52. The molecule has 1 atom stereocenters. The maximum absolute atomic E-state index is 10.4. The highest BCUT2D eigenvalue weighted by atomic mass is 35.5. The van der Waals surface area contributed by atoms with Crippen molar-refractivity contribution in [3.05, 3.63) is 29.8 Å². The van der Waals surface area contributed by atoms with Crippen molar-refractivity contribution in [1.82, 2.24) is 0 Å². The van der Waals surface area contributed by atoms with Crippen molar-refractivity contribution in [3.63, 3.8) is 0 Å². The van der Waals surface area contributed by atoms with E-state index in [1.54, 1.807) is 12.1 Å². The lowest BCUT2D eigenvalue weighted by molar-refractivity contribution is 0.355. The summed E-state index contributed by atoms with van der Waals surface area (Å²) in [4.78, 5) is 0. The Morgan fingerprint density at radius 2 is 1.69 bits per heavy atom. The van der Waals surface area contributed by atoms with Crippen LogP contribution in [0.15, 0.2) is 24.3 Å². The van der Waals surface area contributed by atoms with Gasteiger partial charge in [-0.3, -0.25) is 5.11 Å². The molecule has 0 saturated carbocycles. The van der Waals surface area contributed by atoms with Crippen LogP contribution in [0.4, 0.5) is 0 Å². The Labute approximate surface area is 88.0 Å². The van der Waals surface area contributed by atoms with E-state index in [9.17, 15) is 5.11 Å². The highest BCUT2D eigenvalue weighted by molar-refractivity contribution is 7.09. The average Bonchev–Trinajstić information content (AvgIpc) is 2.11. The first kappa shape index (κ1) is 15.2. The van der Waals surface area contributed by atoms with Gasteiger partial charge in [-0.1, -0.05) is 17.7 Å². The Balaban J connectivity index is 0. The monoisotopic (exact) mass is 221 g/mol. The normalized spacial score (nSPS) is 7.92. The van der Waals surface area contributed by atoms with Gasteiger partial charge in [0, 0.05) is 16.1 Å². The van der Waals surface area contributed by atoms with Crippen molar-refractivity contribution in [3.8, 4) is 5.75 Å². The molecule has 0 bridgehead atoms. The maximum Gasteiger partial charge on any atom is 0.178 e. The zero-order chi connectivity index (χ0) is 9.40. The summed E-state index contributed by atoms with van der Waals surface area (Å²) in [5.74, 6) is 0.0793. The first-order valence-corrected chi connectivity index (χ1v) is 4.23. The molecular weight excluding hydrogens is 207 g/mol. The zero-order valence-electron chi connectivity index (χ0n) is 7.82. The van der Waals surface area contributed by atoms with Gasteiger partial charge in [0.15, 0.2) is 5.75 Å². The minimum absolute atomic E-state index is 0. The van der Waals surface area contributed by atoms with Gasteiger partial charge in [-0.05, 0) is 26.0 Å². The fourth-order valence-electron chi connectivity index (χ4n) is 0.538. The quantitative estimate of drug-likeness (QED) is 0.669. The number of halogens is 1. The van der Waals surface area contributed by atoms with Crippen LogP contribution in [0, 0.1) is 6.92 Å². The van der Waals surface area contributed by atoms with Crippen LogP contribution in [-0.2, 0) is 9.63 Å². The fraction of sp³-hybridized carbons (Fsp3) is 0.333. The van der Waals surface area contributed by atoms with E-state index in [1.807, 2.05) is 26.0 Å². The first-order valence-electron chi connectivity index (χ1n) is 3.76. The lowest BCUT2D eigenvalue weighted by atomic mass is 10.2. The molecule has 13 heavy (non-hydrogen) atoms. The molecule has 0 aromatic heterocycles. The highest BCUT2D eigenvalue weighted by Crippen LogP contribution is 2.08. The number of benzene rings is 1. The summed E-state index contributed by atoms with van der Waals surface area (Å²) in [7, 11) is 2.16. The average molecular weight is 222 g/mol. The summed E-state index contributed by atoms with van der Waals surface area (Å²) >= 11 is 0. The molecule has 1 aromatic rings. The van der Waals surface area contributed by atoms with E-state index in [0.717, 1.165) is 12.2 Å². The van der Waals surface area contributed by atoms with Crippen LogP contribution < -0.4 is 0 Å². The van der Waals surface area contributed by atoms with E-state index in [0.29, 0.717) is 0 Å². The Bertz CT molecular complexity index is 178. The van der Waals surface area contributed by atoms with Gasteiger partial charge in [0.25, 0.3) is 0 Å². The Hall–Kier alpha value is -0.300. The van der Waals surface area contributed by atoms with Crippen molar-refractivity contribution in [2.45, 2.75) is 13.8 Å². The molecule has 2 nitrogen and oxygen atoms in total. The van der Waals surface area contributed by atoms with E-state index < -0.39 is 0 Å². The van der Waals surface area contributed by atoms with Crippen molar-refractivity contribution in [1.29, 1.82) is 0 Å². The summed E-state index contributed by atoms with van der Waals surface area (Å²) in [6.45, 7) is 4.68. The van der Waals surface area contributed by atoms with Crippen LogP contribution in [0.25, 0.3) is 0 Å². The van der Waals surface area contributed by atoms with E-state index in [-0.39, 0.29) is 18.2 Å². The second kappa shape index (κ2) is 9.79. The summed E-state index contributed by atoms with van der Waals surface area (Å²) in [5.41, 5.74) is 1.13. The molecule has 0 fully saturated rings. The van der Waals surface area contributed by atoms with E-state index in [1.165, 1.54) is 0 Å². The molecule has 0 aliphatic rings. The minimum Gasteiger partial charge on any atom is -0.366 e. The summed E-state index contributed by atoms with van der Waals surface area (Å²) in [5, 5.41) is 10.4. The zero-order valence-corrected chi connectivity index (χ0v) is 9.79.